The maximum absolute atomic E-state index is 12.8. The normalized spacial score (nSPS) is 10.9. The van der Waals surface area contributed by atoms with Crippen LogP contribution in [0.15, 0.2) is 0 Å². The van der Waals surface area contributed by atoms with E-state index in [9.17, 15) is 38.4 Å². The van der Waals surface area contributed by atoms with E-state index < -0.39 is 79.6 Å². The zero-order chi connectivity index (χ0) is 42.6. The summed E-state index contributed by atoms with van der Waals surface area (Å²) in [5.74, 6) is -5.25. The van der Waals surface area contributed by atoms with Gasteiger partial charge in [-0.05, 0) is 25.7 Å². The van der Waals surface area contributed by atoms with E-state index in [4.69, 9.17) is 56.8 Å². The molecule has 328 valence electrons. The predicted molar refractivity (Wildman–Crippen MR) is 193 cm³/mol. The maximum Gasteiger partial charge on any atom is 0.305 e. The van der Waals surface area contributed by atoms with Gasteiger partial charge in [-0.2, -0.15) is 0 Å². The number of methoxy groups -OCH3 is 4. The SMILES string of the molecule is COCCOC(=O)CCCC(=O)OCC(COC(=O)CCCC(=O)OCCOC)(COC(=O)CCCC(=O)OCCOC)COC(=O)CCCC(=O)OCCOC. The molecule has 0 rings (SSSR count). The van der Waals surface area contributed by atoms with Crippen LogP contribution < -0.4 is 0 Å². The highest BCUT2D eigenvalue weighted by Gasteiger charge is 2.38. The van der Waals surface area contributed by atoms with Crippen LogP contribution in [0, 0.1) is 5.41 Å². The third kappa shape index (κ3) is 31.4. The van der Waals surface area contributed by atoms with Crippen LogP contribution >= 0.6 is 0 Å². The first-order valence-corrected chi connectivity index (χ1v) is 18.6. The molecule has 0 aromatic heterocycles. The van der Waals surface area contributed by atoms with Crippen molar-refractivity contribution in [1.29, 1.82) is 0 Å². The fourth-order valence-corrected chi connectivity index (χ4v) is 4.23. The lowest BCUT2D eigenvalue weighted by Gasteiger charge is -2.31. The fourth-order valence-electron chi connectivity index (χ4n) is 4.23. The highest BCUT2D eigenvalue weighted by atomic mass is 16.6. The Hall–Kier alpha value is -4.40. The van der Waals surface area contributed by atoms with Crippen molar-refractivity contribution in [2.45, 2.75) is 77.0 Å². The quantitative estimate of drug-likeness (QED) is 0.0494. The molecule has 0 radical (unpaired) electrons. The second kappa shape index (κ2) is 34.8. The Kier molecular flexibility index (Phi) is 32.1. The molecule has 0 heterocycles. The van der Waals surface area contributed by atoms with Crippen molar-refractivity contribution in [1.82, 2.24) is 0 Å². The number of ether oxygens (including phenoxy) is 12. The highest BCUT2D eigenvalue weighted by Crippen LogP contribution is 2.23. The van der Waals surface area contributed by atoms with Gasteiger partial charge in [0.1, 0.15) is 58.3 Å². The summed E-state index contributed by atoms with van der Waals surface area (Å²) in [5.41, 5.74) is -1.63. The largest absolute Gasteiger partial charge is 0.465 e. The van der Waals surface area contributed by atoms with E-state index in [1.165, 1.54) is 28.4 Å². The van der Waals surface area contributed by atoms with E-state index >= 15 is 0 Å². The predicted octanol–water partition coefficient (Wildman–Crippen LogP) is 1.59. The van der Waals surface area contributed by atoms with E-state index in [0.29, 0.717) is 0 Å². The topological polar surface area (TPSA) is 247 Å². The third-order valence-electron chi connectivity index (χ3n) is 7.41. The second-order valence-corrected chi connectivity index (χ2v) is 12.4. The molecule has 0 aromatic carbocycles. The molecule has 0 spiro atoms. The monoisotopic (exact) mass is 824 g/mol. The van der Waals surface area contributed by atoms with Crippen molar-refractivity contribution in [2.75, 3.05) is 108 Å². The average molecular weight is 825 g/mol. The van der Waals surface area contributed by atoms with Crippen LogP contribution in [0.5, 0.6) is 0 Å². The van der Waals surface area contributed by atoms with Crippen molar-refractivity contribution in [2.24, 2.45) is 5.41 Å². The zero-order valence-corrected chi connectivity index (χ0v) is 33.6. The Morgan fingerprint density at radius 3 is 0.632 bits per heavy atom. The Morgan fingerprint density at radius 1 is 0.281 bits per heavy atom. The van der Waals surface area contributed by atoms with Crippen molar-refractivity contribution in [3.05, 3.63) is 0 Å². The van der Waals surface area contributed by atoms with Gasteiger partial charge in [0, 0.05) is 79.8 Å². The molecule has 0 atom stereocenters. The van der Waals surface area contributed by atoms with Crippen LogP contribution in [0.25, 0.3) is 0 Å². The second-order valence-electron chi connectivity index (χ2n) is 12.4. The van der Waals surface area contributed by atoms with E-state index in [1.54, 1.807) is 0 Å². The van der Waals surface area contributed by atoms with Crippen molar-refractivity contribution in [3.8, 4) is 0 Å². The first kappa shape index (κ1) is 52.6. The molecule has 20 nitrogen and oxygen atoms in total. The summed E-state index contributed by atoms with van der Waals surface area (Å²) in [6.07, 6.45) is -0.892. The molecule has 57 heavy (non-hydrogen) atoms. The molecule has 0 aromatic rings. The number of rotatable bonds is 36. The van der Waals surface area contributed by atoms with Gasteiger partial charge in [-0.15, -0.1) is 0 Å². The maximum atomic E-state index is 12.8. The molecule has 0 bridgehead atoms. The van der Waals surface area contributed by atoms with Gasteiger partial charge in [0.2, 0.25) is 0 Å². The van der Waals surface area contributed by atoms with Gasteiger partial charge in [-0.25, -0.2) is 0 Å². The number of hydrogen-bond acceptors (Lipinski definition) is 20. The van der Waals surface area contributed by atoms with Gasteiger partial charge in [-0.1, -0.05) is 0 Å². The molecule has 0 aliphatic rings. The minimum absolute atomic E-state index is 0.0495. The third-order valence-corrected chi connectivity index (χ3v) is 7.41. The lowest BCUT2D eigenvalue weighted by molar-refractivity contribution is -0.170. The van der Waals surface area contributed by atoms with Crippen LogP contribution in [0.4, 0.5) is 0 Å². The Morgan fingerprint density at radius 2 is 0.456 bits per heavy atom. The summed E-state index contributed by atoms with van der Waals surface area (Å²) in [5, 5.41) is 0. The van der Waals surface area contributed by atoms with E-state index in [-0.39, 0.29) is 130 Å². The van der Waals surface area contributed by atoms with Crippen LogP contribution in [0.1, 0.15) is 77.0 Å². The number of carbonyl (C=O) groups is 8. The van der Waals surface area contributed by atoms with Gasteiger partial charge >= 0.3 is 47.8 Å². The molecule has 0 saturated carbocycles. The Bertz CT molecular complexity index is 1010. The van der Waals surface area contributed by atoms with Gasteiger partial charge in [0.05, 0.1) is 26.4 Å². The molecule has 0 fully saturated rings. The fraction of sp³-hybridized carbons (Fsp3) is 0.784. The molecule has 0 aliphatic carbocycles. The summed E-state index contributed by atoms with van der Waals surface area (Å²) in [4.78, 5) is 98.7. The summed E-state index contributed by atoms with van der Waals surface area (Å²) in [7, 11) is 5.80. The van der Waals surface area contributed by atoms with Crippen molar-refractivity contribution >= 4 is 47.8 Å². The van der Waals surface area contributed by atoms with Crippen LogP contribution in [-0.2, 0) is 95.2 Å². The molecule has 0 aliphatic heterocycles. The molecule has 0 N–H and O–H groups in total. The van der Waals surface area contributed by atoms with E-state index in [0.717, 1.165) is 0 Å². The van der Waals surface area contributed by atoms with E-state index in [1.807, 2.05) is 0 Å². The van der Waals surface area contributed by atoms with Crippen molar-refractivity contribution < 1.29 is 95.2 Å². The number of carbonyl (C=O) groups excluding carboxylic acids is 8. The first-order chi connectivity index (χ1) is 27.4. The zero-order valence-electron chi connectivity index (χ0n) is 33.6. The molecule has 0 saturated heterocycles. The summed E-state index contributed by atoms with van der Waals surface area (Å²) < 4.78 is 61.1. The minimum Gasteiger partial charge on any atom is -0.465 e. The summed E-state index contributed by atoms with van der Waals surface area (Å²) in [6, 6.07) is 0. The van der Waals surface area contributed by atoms with Gasteiger partial charge in [0.25, 0.3) is 0 Å². The lowest BCUT2D eigenvalue weighted by Crippen LogP contribution is -2.44. The van der Waals surface area contributed by atoms with Gasteiger partial charge in [-0.3, -0.25) is 38.4 Å². The first-order valence-electron chi connectivity index (χ1n) is 18.6. The lowest BCUT2D eigenvalue weighted by atomic mass is 9.92. The van der Waals surface area contributed by atoms with Gasteiger partial charge < -0.3 is 56.8 Å². The smallest absolute Gasteiger partial charge is 0.305 e. The Balaban J connectivity index is 5.79. The summed E-state index contributed by atoms with van der Waals surface area (Å²) >= 11 is 0. The average Bonchev–Trinajstić information content (AvgIpc) is 3.17. The highest BCUT2D eigenvalue weighted by molar-refractivity contribution is 5.74. The Labute approximate surface area is 333 Å². The van der Waals surface area contributed by atoms with Gasteiger partial charge in [0.15, 0.2) is 0 Å². The van der Waals surface area contributed by atoms with Crippen LogP contribution in [-0.4, -0.2) is 155 Å². The van der Waals surface area contributed by atoms with E-state index in [2.05, 4.69) is 0 Å². The molecule has 20 heteroatoms. The van der Waals surface area contributed by atoms with Crippen molar-refractivity contribution in [3.63, 3.8) is 0 Å². The molecular formula is C37H60O20. The molecule has 0 amide bonds. The number of esters is 8. The van der Waals surface area contributed by atoms with Crippen LogP contribution in [0.2, 0.25) is 0 Å². The number of hydrogen-bond donors (Lipinski definition) is 0. The van der Waals surface area contributed by atoms with Crippen LogP contribution in [0.3, 0.4) is 0 Å². The standard InChI is InChI=1S/C37H60O20/c1-46-17-21-50-29(38)9-5-13-33(42)54-25-37(26-55-34(43)14-6-10-30(39)51-22-18-47-2,27-56-35(44)15-7-11-31(40)52-23-19-48-3)28-57-36(45)16-8-12-32(41)53-24-20-49-4/h5-28H2,1-4H3. The molecule has 0 unspecified atom stereocenters. The molecular weight excluding hydrogens is 764 g/mol. The minimum atomic E-state index is -1.63. The summed E-state index contributed by atoms with van der Waals surface area (Å²) in [6.45, 7) is -1.24.